The van der Waals surface area contributed by atoms with Crippen LogP contribution in [-0.4, -0.2) is 33.7 Å². The summed E-state index contributed by atoms with van der Waals surface area (Å²) >= 11 is 0. The Labute approximate surface area is 180 Å². The molecule has 8 heteroatoms. The summed E-state index contributed by atoms with van der Waals surface area (Å²) in [6.45, 7) is 10.3. The van der Waals surface area contributed by atoms with Gasteiger partial charge in [-0.1, -0.05) is 26.8 Å². The fraction of sp³-hybridized carbons (Fsp3) is 0.632. The third-order valence-corrected chi connectivity index (χ3v) is 4.57. The fourth-order valence-corrected chi connectivity index (χ4v) is 3.34. The highest BCUT2D eigenvalue weighted by atomic mass is 127. The number of benzene rings is 1. The topological polar surface area (TPSA) is 70.6 Å². The van der Waals surface area contributed by atoms with E-state index in [1.807, 2.05) is 6.92 Å². The van der Waals surface area contributed by atoms with Gasteiger partial charge in [-0.15, -0.1) is 24.0 Å². The number of nitrogens with zero attached hydrogens (tertiary/aromatic N) is 1. The Morgan fingerprint density at radius 2 is 1.85 bits per heavy atom. The van der Waals surface area contributed by atoms with Crippen LogP contribution in [0.4, 0.5) is 4.39 Å². The van der Waals surface area contributed by atoms with Crippen molar-refractivity contribution in [2.45, 2.75) is 52.8 Å². The molecule has 1 aromatic rings. The number of aliphatic imine (C=N–C) groups is 1. The second kappa shape index (κ2) is 11.8. The number of sulfone groups is 1. The summed E-state index contributed by atoms with van der Waals surface area (Å²) in [4.78, 5) is 4.48. The molecule has 1 aromatic carbocycles. The molecule has 0 atom stereocenters. The molecule has 0 unspecified atom stereocenters. The molecule has 0 spiro atoms. The van der Waals surface area contributed by atoms with Crippen LogP contribution in [0.25, 0.3) is 0 Å². The lowest BCUT2D eigenvalue weighted by Crippen LogP contribution is -2.38. The summed E-state index contributed by atoms with van der Waals surface area (Å²) in [5, 5.41) is 6.43. The molecule has 1 rings (SSSR count). The van der Waals surface area contributed by atoms with Gasteiger partial charge < -0.3 is 10.6 Å². The highest BCUT2D eigenvalue weighted by Crippen LogP contribution is 2.19. The largest absolute Gasteiger partial charge is 0.357 e. The average Bonchev–Trinajstić information content (AvgIpc) is 2.49. The Morgan fingerprint density at radius 3 is 2.41 bits per heavy atom. The number of nitrogens with one attached hydrogen (secondary N) is 2. The van der Waals surface area contributed by atoms with Gasteiger partial charge >= 0.3 is 0 Å². The normalized spacial score (nSPS) is 12.4. The molecule has 0 saturated heterocycles. The summed E-state index contributed by atoms with van der Waals surface area (Å²) in [6, 6.07) is 4.15. The first-order valence-corrected chi connectivity index (χ1v) is 11.0. The van der Waals surface area contributed by atoms with E-state index in [1.54, 1.807) is 0 Å². The maximum Gasteiger partial charge on any atom is 0.191 e. The van der Waals surface area contributed by atoms with E-state index >= 15 is 0 Å². The van der Waals surface area contributed by atoms with Crippen molar-refractivity contribution in [3.8, 4) is 0 Å². The molecule has 0 fully saturated rings. The Hall–Kier alpha value is -0.900. The number of guanidine groups is 1. The van der Waals surface area contributed by atoms with Crippen LogP contribution in [0.5, 0.6) is 0 Å². The molecule has 0 heterocycles. The van der Waals surface area contributed by atoms with Gasteiger partial charge in [0.2, 0.25) is 0 Å². The maximum absolute atomic E-state index is 13.6. The van der Waals surface area contributed by atoms with Crippen molar-refractivity contribution in [1.82, 2.24) is 10.6 Å². The maximum atomic E-state index is 13.6. The van der Waals surface area contributed by atoms with Crippen molar-refractivity contribution < 1.29 is 12.8 Å². The van der Waals surface area contributed by atoms with Gasteiger partial charge in [0.1, 0.15) is 5.82 Å². The monoisotopic (exact) mass is 513 g/mol. The highest BCUT2D eigenvalue weighted by Gasteiger charge is 2.11. The first-order valence-electron chi connectivity index (χ1n) is 8.97. The van der Waals surface area contributed by atoms with Gasteiger partial charge in [0.15, 0.2) is 15.8 Å². The van der Waals surface area contributed by atoms with Crippen LogP contribution < -0.4 is 10.6 Å². The Morgan fingerprint density at radius 1 is 1.19 bits per heavy atom. The second-order valence-electron chi connectivity index (χ2n) is 7.77. The standard InChI is InChI=1S/C19H32FN3O2S.HI/c1-6-21-18(22-11-7-10-19(2,3)4)23-13-16-12-17(20)9-8-15(16)14-26(5,24)25;/h8-9,12H,6-7,10-11,13-14H2,1-5H3,(H2,21,22,23);1H. The minimum atomic E-state index is -3.20. The summed E-state index contributed by atoms with van der Waals surface area (Å²) in [5.41, 5.74) is 1.46. The molecule has 0 radical (unpaired) electrons. The van der Waals surface area contributed by atoms with Crippen LogP contribution in [0, 0.1) is 11.2 Å². The van der Waals surface area contributed by atoms with E-state index in [0.29, 0.717) is 29.0 Å². The van der Waals surface area contributed by atoms with Crippen molar-refractivity contribution in [3.63, 3.8) is 0 Å². The third-order valence-electron chi connectivity index (χ3n) is 3.73. The zero-order chi connectivity index (χ0) is 19.8. The number of halogens is 2. The minimum Gasteiger partial charge on any atom is -0.357 e. The number of hydrogen-bond acceptors (Lipinski definition) is 3. The van der Waals surface area contributed by atoms with Crippen LogP contribution in [0.2, 0.25) is 0 Å². The lowest BCUT2D eigenvalue weighted by molar-refractivity contribution is 0.365. The quantitative estimate of drug-likeness (QED) is 0.240. The van der Waals surface area contributed by atoms with Crippen LogP contribution in [0.1, 0.15) is 51.7 Å². The highest BCUT2D eigenvalue weighted by molar-refractivity contribution is 14.0. The zero-order valence-electron chi connectivity index (χ0n) is 16.9. The molecular weight excluding hydrogens is 480 g/mol. The predicted octanol–water partition coefficient (Wildman–Crippen LogP) is 3.87. The minimum absolute atomic E-state index is 0. The van der Waals surface area contributed by atoms with Gasteiger partial charge in [-0.05, 0) is 48.4 Å². The lowest BCUT2D eigenvalue weighted by Gasteiger charge is -2.18. The third kappa shape index (κ3) is 12.2. The van der Waals surface area contributed by atoms with E-state index in [0.717, 1.165) is 19.4 Å². The van der Waals surface area contributed by atoms with Gasteiger partial charge in [-0.2, -0.15) is 0 Å². The van der Waals surface area contributed by atoms with E-state index in [9.17, 15) is 12.8 Å². The molecule has 0 bridgehead atoms. The lowest BCUT2D eigenvalue weighted by atomic mass is 9.91. The van der Waals surface area contributed by atoms with Gasteiger partial charge in [0, 0.05) is 19.3 Å². The molecule has 27 heavy (non-hydrogen) atoms. The number of rotatable bonds is 8. The van der Waals surface area contributed by atoms with Crippen molar-refractivity contribution in [1.29, 1.82) is 0 Å². The SMILES string of the molecule is CCNC(=NCc1cc(F)ccc1CS(C)(=O)=O)NCCCC(C)(C)C.I. The zero-order valence-corrected chi connectivity index (χ0v) is 20.1. The molecule has 0 aliphatic heterocycles. The van der Waals surface area contributed by atoms with E-state index in [-0.39, 0.29) is 36.3 Å². The predicted molar refractivity (Wildman–Crippen MR) is 122 cm³/mol. The van der Waals surface area contributed by atoms with E-state index in [1.165, 1.54) is 24.5 Å². The Kier molecular flexibility index (Phi) is 11.4. The molecule has 0 aliphatic carbocycles. The van der Waals surface area contributed by atoms with E-state index < -0.39 is 15.7 Å². The van der Waals surface area contributed by atoms with Crippen LogP contribution in [0.3, 0.4) is 0 Å². The van der Waals surface area contributed by atoms with Gasteiger partial charge in [-0.25, -0.2) is 17.8 Å². The summed E-state index contributed by atoms with van der Waals surface area (Å²) < 4.78 is 36.7. The second-order valence-corrected chi connectivity index (χ2v) is 9.91. The van der Waals surface area contributed by atoms with Crippen LogP contribution in [0.15, 0.2) is 23.2 Å². The van der Waals surface area contributed by atoms with Crippen molar-refractivity contribution in [3.05, 3.63) is 35.1 Å². The molecule has 0 saturated carbocycles. The van der Waals surface area contributed by atoms with Gasteiger partial charge in [0.05, 0.1) is 12.3 Å². The van der Waals surface area contributed by atoms with E-state index in [2.05, 4.69) is 36.4 Å². The Bertz CT molecular complexity index is 716. The van der Waals surface area contributed by atoms with Crippen molar-refractivity contribution in [2.75, 3.05) is 19.3 Å². The molecule has 0 aromatic heterocycles. The molecule has 0 aliphatic rings. The molecular formula is C19H33FIN3O2S. The van der Waals surface area contributed by atoms with Gasteiger partial charge in [-0.3, -0.25) is 0 Å². The summed E-state index contributed by atoms with van der Waals surface area (Å²) in [5.74, 6) is 0.139. The first kappa shape index (κ1) is 26.1. The van der Waals surface area contributed by atoms with Crippen LogP contribution in [-0.2, 0) is 22.1 Å². The van der Waals surface area contributed by atoms with Gasteiger partial charge in [0.25, 0.3) is 0 Å². The molecule has 156 valence electrons. The smallest absolute Gasteiger partial charge is 0.191 e. The van der Waals surface area contributed by atoms with Crippen molar-refractivity contribution >= 4 is 39.8 Å². The summed E-state index contributed by atoms with van der Waals surface area (Å²) in [6.07, 6.45) is 3.29. The van der Waals surface area contributed by atoms with Crippen LogP contribution >= 0.6 is 24.0 Å². The molecule has 5 nitrogen and oxygen atoms in total. The molecule has 2 N–H and O–H groups in total. The average molecular weight is 513 g/mol. The van der Waals surface area contributed by atoms with Crippen molar-refractivity contribution in [2.24, 2.45) is 10.4 Å². The van der Waals surface area contributed by atoms with E-state index in [4.69, 9.17) is 0 Å². The fourth-order valence-electron chi connectivity index (χ4n) is 2.50. The Balaban J connectivity index is 0.00000676. The first-order chi connectivity index (χ1) is 12.0. The summed E-state index contributed by atoms with van der Waals surface area (Å²) in [7, 11) is -3.20. The molecule has 0 amide bonds. The number of hydrogen-bond donors (Lipinski definition) is 2.